The number of likely N-dealkylation sites (tertiary alicyclic amines) is 1. The van der Waals surface area contributed by atoms with Gasteiger partial charge >= 0.3 is 6.18 Å². The lowest BCUT2D eigenvalue weighted by Gasteiger charge is -2.24. The Labute approximate surface area is 178 Å². The number of rotatable bonds is 6. The Morgan fingerprint density at radius 1 is 1.22 bits per heavy atom. The number of nitrogens with two attached hydrogens (primary N) is 1. The zero-order chi connectivity index (χ0) is 23.3. The first-order chi connectivity index (χ1) is 15.0. The fourth-order valence-corrected chi connectivity index (χ4v) is 4.06. The summed E-state index contributed by atoms with van der Waals surface area (Å²) in [5.41, 5.74) is 3.66. The molecule has 2 heterocycles. The lowest BCUT2D eigenvalue weighted by Crippen LogP contribution is -2.37. The molecule has 1 amide bonds. The second-order valence-electron chi connectivity index (χ2n) is 8.31. The number of hydrogen-bond acceptors (Lipinski definition) is 5. The van der Waals surface area contributed by atoms with Crippen LogP contribution in [0.5, 0.6) is 0 Å². The van der Waals surface area contributed by atoms with Gasteiger partial charge in [0.2, 0.25) is 11.8 Å². The van der Waals surface area contributed by atoms with Gasteiger partial charge in [0.25, 0.3) is 0 Å². The Hall–Kier alpha value is -2.63. The van der Waals surface area contributed by atoms with E-state index in [1.165, 1.54) is 4.90 Å². The van der Waals surface area contributed by atoms with Gasteiger partial charge in [0.05, 0.1) is 6.04 Å². The van der Waals surface area contributed by atoms with Gasteiger partial charge in [-0.3, -0.25) is 4.79 Å². The van der Waals surface area contributed by atoms with Gasteiger partial charge in [-0.15, -0.1) is 0 Å². The highest BCUT2D eigenvalue weighted by Crippen LogP contribution is 2.58. The van der Waals surface area contributed by atoms with Crippen LogP contribution < -0.4 is 5.73 Å². The van der Waals surface area contributed by atoms with Crippen molar-refractivity contribution in [1.82, 2.24) is 15.0 Å². The van der Waals surface area contributed by atoms with Crippen LogP contribution in [0.4, 0.5) is 26.3 Å². The van der Waals surface area contributed by atoms with Crippen LogP contribution in [0.2, 0.25) is 0 Å². The molecule has 1 aliphatic heterocycles. The molecule has 174 valence electrons. The molecule has 0 radical (unpaired) electrons. The Morgan fingerprint density at radius 3 is 2.56 bits per heavy atom. The summed E-state index contributed by atoms with van der Waals surface area (Å²) in [7, 11) is 0. The molecule has 6 nitrogen and oxygen atoms in total. The predicted octanol–water partition coefficient (Wildman–Crippen LogP) is 3.70. The lowest BCUT2D eigenvalue weighted by atomic mass is 10.0. The van der Waals surface area contributed by atoms with E-state index in [9.17, 15) is 31.1 Å². The zero-order valence-corrected chi connectivity index (χ0v) is 16.8. The molecule has 4 rings (SSSR count). The Balaban J connectivity index is 1.43. The first-order valence-electron chi connectivity index (χ1n) is 10.1. The number of nitrogens with zero attached hydrogens (tertiary/aromatic N) is 3. The number of carbonyl (C=O) groups excluding carboxylic acids is 1. The van der Waals surface area contributed by atoms with Crippen molar-refractivity contribution in [2.24, 2.45) is 5.73 Å². The summed E-state index contributed by atoms with van der Waals surface area (Å²) >= 11 is 0. The van der Waals surface area contributed by atoms with Gasteiger partial charge in [-0.2, -0.15) is 18.2 Å². The van der Waals surface area contributed by atoms with Crippen molar-refractivity contribution >= 4 is 5.91 Å². The number of hydrogen-bond donors (Lipinski definition) is 1. The van der Waals surface area contributed by atoms with Crippen molar-refractivity contribution < 1.29 is 35.7 Å². The van der Waals surface area contributed by atoms with Crippen LogP contribution in [0.25, 0.3) is 0 Å². The van der Waals surface area contributed by atoms with Gasteiger partial charge in [0.1, 0.15) is 11.2 Å². The van der Waals surface area contributed by atoms with E-state index in [0.29, 0.717) is 31.5 Å². The molecule has 2 aromatic rings. The molecule has 1 aromatic heterocycles. The van der Waals surface area contributed by atoms with Crippen molar-refractivity contribution in [3.8, 4) is 0 Å². The number of amides is 1. The van der Waals surface area contributed by atoms with Crippen LogP contribution in [0.1, 0.15) is 55.4 Å². The van der Waals surface area contributed by atoms with E-state index in [1.54, 1.807) is 0 Å². The molecule has 2 aliphatic rings. The molecule has 2 atom stereocenters. The number of aromatic nitrogens is 2. The standard InChI is InChI=1S/C20H20F6N4O2/c21-12-9-14(23)13(22)7-10(12)6-11(27)8-16(31)30-5-1-2-15(30)17-28-18(32-29-17)19(3-4-19)20(24,25)26/h7,9,11,15H,1-6,8,27H2/t11?,15-/m0/s1. The maximum Gasteiger partial charge on any atom is 0.403 e. The highest BCUT2D eigenvalue weighted by atomic mass is 19.4. The van der Waals surface area contributed by atoms with Crippen LogP contribution in [0, 0.1) is 17.5 Å². The highest BCUT2D eigenvalue weighted by Gasteiger charge is 2.68. The first-order valence-corrected chi connectivity index (χ1v) is 10.1. The minimum Gasteiger partial charge on any atom is -0.338 e. The molecular formula is C20H20F6N4O2. The normalized spacial score (nSPS) is 21.1. The van der Waals surface area contributed by atoms with Crippen molar-refractivity contribution in [2.75, 3.05) is 6.54 Å². The maximum atomic E-state index is 13.8. The largest absolute Gasteiger partial charge is 0.403 e. The van der Waals surface area contributed by atoms with E-state index in [-0.39, 0.29) is 37.1 Å². The van der Waals surface area contributed by atoms with Gasteiger partial charge in [-0.1, -0.05) is 5.16 Å². The van der Waals surface area contributed by atoms with Gasteiger partial charge < -0.3 is 15.2 Å². The predicted molar refractivity (Wildman–Crippen MR) is 97.6 cm³/mol. The molecule has 1 saturated carbocycles. The van der Waals surface area contributed by atoms with Crippen LogP contribution in [-0.2, 0) is 16.6 Å². The van der Waals surface area contributed by atoms with E-state index in [2.05, 4.69) is 10.1 Å². The first kappa shape index (κ1) is 22.6. The van der Waals surface area contributed by atoms with E-state index in [1.807, 2.05) is 0 Å². The smallest absolute Gasteiger partial charge is 0.338 e. The van der Waals surface area contributed by atoms with E-state index < -0.39 is 52.9 Å². The maximum absolute atomic E-state index is 13.8. The number of alkyl halides is 3. The summed E-state index contributed by atoms with van der Waals surface area (Å²) in [6.07, 6.45) is -4.15. The number of carbonyl (C=O) groups is 1. The number of benzene rings is 1. The lowest BCUT2D eigenvalue weighted by molar-refractivity contribution is -0.166. The van der Waals surface area contributed by atoms with Crippen LogP contribution >= 0.6 is 0 Å². The Morgan fingerprint density at radius 2 is 1.91 bits per heavy atom. The SMILES string of the molecule is NC(CC(=O)N1CCC[C@H]1c1noc(C2(C(F)(F)F)CC2)n1)Cc1cc(F)c(F)cc1F. The molecule has 1 aliphatic carbocycles. The van der Waals surface area contributed by atoms with Crippen molar-refractivity contribution in [3.63, 3.8) is 0 Å². The van der Waals surface area contributed by atoms with E-state index >= 15 is 0 Å². The van der Waals surface area contributed by atoms with Crippen molar-refractivity contribution in [3.05, 3.63) is 46.9 Å². The van der Waals surface area contributed by atoms with Gasteiger partial charge in [0.15, 0.2) is 17.5 Å². The monoisotopic (exact) mass is 462 g/mol. The van der Waals surface area contributed by atoms with Crippen molar-refractivity contribution in [1.29, 1.82) is 0 Å². The Kier molecular flexibility index (Phi) is 5.68. The topological polar surface area (TPSA) is 85.3 Å². The third kappa shape index (κ3) is 4.07. The Bertz CT molecular complexity index is 1020. The molecule has 1 aromatic carbocycles. The summed E-state index contributed by atoms with van der Waals surface area (Å²) in [5, 5.41) is 3.69. The molecule has 2 fully saturated rings. The molecule has 12 heteroatoms. The third-order valence-corrected chi connectivity index (χ3v) is 6.02. The summed E-state index contributed by atoms with van der Waals surface area (Å²) < 4.78 is 85.1. The second-order valence-corrected chi connectivity index (χ2v) is 8.31. The quantitative estimate of drug-likeness (QED) is 0.523. The molecule has 2 N–H and O–H groups in total. The molecule has 1 saturated heterocycles. The minimum absolute atomic E-state index is 0.00148. The van der Waals surface area contributed by atoms with Crippen LogP contribution in [-0.4, -0.2) is 39.7 Å². The van der Waals surface area contributed by atoms with Crippen molar-refractivity contribution in [2.45, 2.75) is 62.2 Å². The summed E-state index contributed by atoms with van der Waals surface area (Å²) in [6.45, 7) is 0.323. The third-order valence-electron chi connectivity index (χ3n) is 6.02. The molecular weight excluding hydrogens is 442 g/mol. The molecule has 32 heavy (non-hydrogen) atoms. The average Bonchev–Trinajstić information content (AvgIpc) is 3.16. The van der Waals surface area contributed by atoms with E-state index in [4.69, 9.17) is 10.3 Å². The minimum atomic E-state index is -4.50. The average molecular weight is 462 g/mol. The summed E-state index contributed by atoms with van der Waals surface area (Å²) in [6, 6.07) is -0.430. The zero-order valence-electron chi connectivity index (χ0n) is 16.8. The molecule has 0 spiro atoms. The summed E-state index contributed by atoms with van der Waals surface area (Å²) in [4.78, 5) is 18.1. The fourth-order valence-electron chi connectivity index (χ4n) is 4.06. The summed E-state index contributed by atoms with van der Waals surface area (Å²) in [5.74, 6) is -4.44. The molecule has 1 unspecified atom stereocenters. The van der Waals surface area contributed by atoms with E-state index in [0.717, 1.165) is 0 Å². The highest BCUT2D eigenvalue weighted by molar-refractivity contribution is 5.77. The second kappa shape index (κ2) is 8.05. The van der Waals surface area contributed by atoms with Gasteiger partial charge in [-0.25, -0.2) is 13.2 Å². The van der Waals surface area contributed by atoms with Crippen LogP contribution in [0.3, 0.4) is 0 Å². The van der Waals surface area contributed by atoms with Gasteiger partial charge in [0, 0.05) is 25.1 Å². The van der Waals surface area contributed by atoms with Gasteiger partial charge in [-0.05, 0) is 43.7 Å². The number of halogens is 6. The van der Waals surface area contributed by atoms with Crippen LogP contribution in [0.15, 0.2) is 16.7 Å². The molecule has 0 bridgehead atoms. The fraction of sp³-hybridized carbons (Fsp3) is 0.550.